The molecule has 2 fully saturated rings. The molecule has 1 N–H and O–H groups in total. The molecule has 0 aromatic carbocycles. The molecule has 2 unspecified atom stereocenters. The molecule has 0 saturated carbocycles. The Balaban J connectivity index is 1.91. The number of rotatable bonds is 1. The van der Waals surface area contributed by atoms with Gasteiger partial charge in [0.15, 0.2) is 0 Å². The van der Waals surface area contributed by atoms with Gasteiger partial charge in [-0.15, -0.1) is 0 Å². The molecule has 2 nitrogen and oxygen atoms in total. The Bertz CT molecular complexity index is 144. The zero-order chi connectivity index (χ0) is 7.84. The Kier molecular flexibility index (Phi) is 1.90. The summed E-state index contributed by atoms with van der Waals surface area (Å²) in [7, 11) is 0. The summed E-state index contributed by atoms with van der Waals surface area (Å²) in [6.07, 6.45) is 1.36. The minimum absolute atomic E-state index is 0.759. The van der Waals surface area contributed by atoms with Gasteiger partial charge in [-0.25, -0.2) is 0 Å². The third-order valence-electron chi connectivity index (χ3n) is 3.10. The highest BCUT2D eigenvalue weighted by atomic mass is 15.3. The van der Waals surface area contributed by atoms with Gasteiger partial charge in [-0.3, -0.25) is 4.90 Å². The Labute approximate surface area is 69.0 Å². The van der Waals surface area contributed by atoms with E-state index in [0.29, 0.717) is 0 Å². The second-order valence-electron chi connectivity index (χ2n) is 4.11. The molecule has 0 aromatic rings. The van der Waals surface area contributed by atoms with Crippen molar-refractivity contribution in [3.05, 3.63) is 0 Å². The van der Waals surface area contributed by atoms with E-state index in [1.54, 1.807) is 0 Å². The second-order valence-corrected chi connectivity index (χ2v) is 4.11. The van der Waals surface area contributed by atoms with Gasteiger partial charge in [-0.05, 0) is 32.7 Å². The predicted molar refractivity (Wildman–Crippen MR) is 46.6 cm³/mol. The molecule has 2 saturated heterocycles. The molecular weight excluding hydrogens is 136 g/mol. The van der Waals surface area contributed by atoms with E-state index in [0.717, 1.165) is 18.0 Å². The van der Waals surface area contributed by atoms with Crippen LogP contribution in [0.3, 0.4) is 0 Å². The van der Waals surface area contributed by atoms with Crippen LogP contribution in [0.15, 0.2) is 0 Å². The van der Waals surface area contributed by atoms with Gasteiger partial charge in [-0.2, -0.15) is 0 Å². The normalized spacial score (nSPS) is 38.5. The summed E-state index contributed by atoms with van der Waals surface area (Å²) in [6, 6.07) is 1.67. The molecule has 0 bridgehead atoms. The smallest absolute Gasteiger partial charge is 0.0163 e. The van der Waals surface area contributed by atoms with Crippen molar-refractivity contribution in [1.29, 1.82) is 0 Å². The van der Waals surface area contributed by atoms with Crippen LogP contribution in [0.25, 0.3) is 0 Å². The van der Waals surface area contributed by atoms with Crippen LogP contribution >= 0.6 is 0 Å². The number of likely N-dealkylation sites (tertiary alicyclic amines) is 1. The van der Waals surface area contributed by atoms with Crippen LogP contribution < -0.4 is 5.32 Å². The highest BCUT2D eigenvalue weighted by Crippen LogP contribution is 2.30. The van der Waals surface area contributed by atoms with Crippen molar-refractivity contribution in [2.75, 3.05) is 19.6 Å². The van der Waals surface area contributed by atoms with Crippen molar-refractivity contribution in [2.24, 2.45) is 5.92 Å². The molecule has 2 heterocycles. The van der Waals surface area contributed by atoms with Gasteiger partial charge in [0.1, 0.15) is 0 Å². The molecule has 0 aliphatic carbocycles. The third-order valence-corrected chi connectivity index (χ3v) is 3.10. The molecule has 2 aliphatic heterocycles. The van der Waals surface area contributed by atoms with Gasteiger partial charge in [0.05, 0.1) is 0 Å². The summed E-state index contributed by atoms with van der Waals surface area (Å²) in [4.78, 5) is 2.63. The first-order valence-corrected chi connectivity index (χ1v) is 4.75. The number of hydrogen-bond donors (Lipinski definition) is 1. The molecule has 11 heavy (non-hydrogen) atoms. The fourth-order valence-electron chi connectivity index (χ4n) is 2.39. The lowest BCUT2D eigenvalue weighted by atomic mass is 9.82. The Hall–Kier alpha value is -0.0800. The summed E-state index contributed by atoms with van der Waals surface area (Å²) < 4.78 is 0. The van der Waals surface area contributed by atoms with Crippen LogP contribution in [0.2, 0.25) is 0 Å². The fraction of sp³-hybridized carbons (Fsp3) is 1.00. The van der Waals surface area contributed by atoms with E-state index in [9.17, 15) is 0 Å². The maximum absolute atomic E-state index is 3.45. The van der Waals surface area contributed by atoms with Crippen LogP contribution in [0, 0.1) is 5.92 Å². The van der Waals surface area contributed by atoms with Gasteiger partial charge >= 0.3 is 0 Å². The van der Waals surface area contributed by atoms with Crippen LogP contribution in [0.5, 0.6) is 0 Å². The van der Waals surface area contributed by atoms with E-state index < -0.39 is 0 Å². The summed E-state index contributed by atoms with van der Waals surface area (Å²) in [5.74, 6) is 0.964. The molecule has 2 heteroatoms. The Morgan fingerprint density at radius 3 is 2.91 bits per heavy atom. The maximum atomic E-state index is 3.45. The summed E-state index contributed by atoms with van der Waals surface area (Å²) >= 11 is 0. The van der Waals surface area contributed by atoms with E-state index in [-0.39, 0.29) is 0 Å². The second kappa shape index (κ2) is 2.76. The molecule has 2 aliphatic rings. The zero-order valence-electron chi connectivity index (χ0n) is 7.51. The number of piperidine rings is 1. The molecule has 0 aromatic heterocycles. The molecule has 2 atom stereocenters. The topological polar surface area (TPSA) is 15.3 Å². The maximum Gasteiger partial charge on any atom is 0.0163 e. The first kappa shape index (κ1) is 7.56. The number of nitrogens with one attached hydrogen (secondary N) is 1. The largest absolute Gasteiger partial charge is 0.316 e. The average molecular weight is 154 g/mol. The van der Waals surface area contributed by atoms with Crippen LogP contribution in [0.1, 0.15) is 20.3 Å². The monoisotopic (exact) mass is 154 g/mol. The van der Waals surface area contributed by atoms with Crippen LogP contribution in [0.4, 0.5) is 0 Å². The van der Waals surface area contributed by atoms with Crippen molar-refractivity contribution < 1.29 is 0 Å². The van der Waals surface area contributed by atoms with E-state index in [2.05, 4.69) is 24.1 Å². The quantitative estimate of drug-likeness (QED) is 0.598. The lowest BCUT2D eigenvalue weighted by Crippen LogP contribution is -2.64. The highest BCUT2D eigenvalue weighted by molar-refractivity contribution is 4.96. The van der Waals surface area contributed by atoms with Crippen molar-refractivity contribution in [2.45, 2.75) is 32.4 Å². The van der Waals surface area contributed by atoms with Crippen molar-refractivity contribution in [3.63, 3.8) is 0 Å². The molecular formula is C9H18N2. The SMILES string of the molecule is CC(C)N1CC2CNCCC21. The molecule has 0 amide bonds. The van der Waals surface area contributed by atoms with Crippen molar-refractivity contribution in [1.82, 2.24) is 10.2 Å². The van der Waals surface area contributed by atoms with E-state index in [1.807, 2.05) is 0 Å². The van der Waals surface area contributed by atoms with Gasteiger partial charge < -0.3 is 5.32 Å². The Morgan fingerprint density at radius 2 is 2.27 bits per heavy atom. The zero-order valence-corrected chi connectivity index (χ0v) is 7.51. The number of hydrogen-bond acceptors (Lipinski definition) is 2. The lowest BCUT2D eigenvalue weighted by molar-refractivity contribution is -0.0288. The third kappa shape index (κ3) is 1.18. The van der Waals surface area contributed by atoms with E-state index in [1.165, 1.54) is 26.1 Å². The lowest BCUT2D eigenvalue weighted by Gasteiger charge is -2.53. The minimum Gasteiger partial charge on any atom is -0.316 e. The minimum atomic E-state index is 0.759. The summed E-state index contributed by atoms with van der Waals surface area (Å²) in [5.41, 5.74) is 0. The Morgan fingerprint density at radius 1 is 1.45 bits per heavy atom. The predicted octanol–water partition coefficient (Wildman–Crippen LogP) is 0.688. The number of fused-ring (bicyclic) bond motifs is 1. The highest BCUT2D eigenvalue weighted by Gasteiger charge is 2.40. The first-order valence-electron chi connectivity index (χ1n) is 4.75. The molecule has 0 spiro atoms. The van der Waals surface area contributed by atoms with Crippen LogP contribution in [-0.2, 0) is 0 Å². The van der Waals surface area contributed by atoms with Crippen molar-refractivity contribution in [3.8, 4) is 0 Å². The first-order chi connectivity index (χ1) is 5.29. The summed E-state index contributed by atoms with van der Waals surface area (Å²) in [5, 5.41) is 3.45. The van der Waals surface area contributed by atoms with Crippen LogP contribution in [-0.4, -0.2) is 36.6 Å². The van der Waals surface area contributed by atoms with E-state index >= 15 is 0 Å². The van der Waals surface area contributed by atoms with Crippen molar-refractivity contribution >= 4 is 0 Å². The average Bonchev–Trinajstić information content (AvgIpc) is 1.90. The fourth-order valence-corrected chi connectivity index (χ4v) is 2.39. The van der Waals surface area contributed by atoms with Gasteiger partial charge in [0, 0.05) is 25.2 Å². The standard InChI is InChI=1S/C9H18N2/c1-7(2)11-6-8-5-10-4-3-9(8)11/h7-10H,3-6H2,1-2H3. The molecule has 64 valence electrons. The van der Waals surface area contributed by atoms with Gasteiger partial charge in [0.25, 0.3) is 0 Å². The van der Waals surface area contributed by atoms with E-state index in [4.69, 9.17) is 0 Å². The van der Waals surface area contributed by atoms with Gasteiger partial charge in [0.2, 0.25) is 0 Å². The summed E-state index contributed by atoms with van der Waals surface area (Å²) in [6.45, 7) is 8.42. The molecule has 0 radical (unpaired) electrons. The van der Waals surface area contributed by atoms with Gasteiger partial charge in [-0.1, -0.05) is 0 Å². The number of nitrogens with zero attached hydrogens (tertiary/aromatic N) is 1. The molecule has 2 rings (SSSR count).